The molecule has 0 saturated heterocycles. The molecule has 108 valence electrons. The van der Waals surface area contributed by atoms with Crippen LogP contribution in [0.2, 0.25) is 0 Å². The first kappa shape index (κ1) is 14.8. The summed E-state index contributed by atoms with van der Waals surface area (Å²) in [5.74, 6) is -1.04. The van der Waals surface area contributed by atoms with Gasteiger partial charge in [0, 0.05) is 13.1 Å². The van der Waals surface area contributed by atoms with Gasteiger partial charge < -0.3 is 5.11 Å². The van der Waals surface area contributed by atoms with Gasteiger partial charge in [-0.3, -0.25) is 4.79 Å². The fourth-order valence-electron chi connectivity index (χ4n) is 1.80. The molecule has 0 aliphatic rings. The number of carboxylic acids is 1. The number of sulfonamides is 1. The van der Waals surface area contributed by atoms with E-state index in [0.717, 1.165) is 16.0 Å². The first-order valence-electron chi connectivity index (χ1n) is 5.90. The highest BCUT2D eigenvalue weighted by molar-refractivity contribution is 7.89. The highest BCUT2D eigenvalue weighted by Crippen LogP contribution is 2.24. The zero-order valence-corrected chi connectivity index (χ0v) is 12.3. The van der Waals surface area contributed by atoms with Crippen LogP contribution in [-0.2, 0) is 14.8 Å². The van der Waals surface area contributed by atoms with Crippen LogP contribution in [0, 0.1) is 0 Å². The summed E-state index contributed by atoms with van der Waals surface area (Å²) in [6.45, 7) is 1.80. The van der Waals surface area contributed by atoms with E-state index in [2.05, 4.69) is 8.75 Å². The molecule has 0 bridgehead atoms. The Kier molecular flexibility index (Phi) is 4.31. The Morgan fingerprint density at radius 1 is 1.40 bits per heavy atom. The van der Waals surface area contributed by atoms with Crippen LogP contribution in [0.15, 0.2) is 23.1 Å². The van der Waals surface area contributed by atoms with Crippen LogP contribution in [-0.4, -0.2) is 45.6 Å². The minimum absolute atomic E-state index is 0.0657. The Labute approximate surface area is 120 Å². The highest BCUT2D eigenvalue weighted by Gasteiger charge is 2.26. The standard InChI is InChI=1S/C11H13N3O4S2/c1-2-14(7-6-10(15)16)20(17,18)9-5-3-4-8-11(9)13-19-12-8/h3-5H,2,6-7H2,1H3,(H,15,16). The fourth-order valence-corrected chi connectivity index (χ4v) is 4.00. The third-order valence-corrected chi connectivity index (χ3v) is 5.34. The maximum Gasteiger partial charge on any atom is 0.304 e. The van der Waals surface area contributed by atoms with E-state index in [0.29, 0.717) is 11.0 Å². The van der Waals surface area contributed by atoms with Crippen LogP contribution in [0.3, 0.4) is 0 Å². The molecule has 0 amide bonds. The lowest BCUT2D eigenvalue weighted by Crippen LogP contribution is -2.33. The van der Waals surface area contributed by atoms with Gasteiger partial charge in [-0.1, -0.05) is 13.0 Å². The molecule has 0 atom stereocenters. The number of carbonyl (C=O) groups is 1. The van der Waals surface area contributed by atoms with Gasteiger partial charge in [0.15, 0.2) is 0 Å². The lowest BCUT2D eigenvalue weighted by atomic mass is 10.3. The molecule has 20 heavy (non-hydrogen) atoms. The number of aliphatic carboxylic acids is 1. The molecule has 0 saturated carbocycles. The molecule has 1 aromatic heterocycles. The summed E-state index contributed by atoms with van der Waals surface area (Å²) < 4.78 is 34.3. The topological polar surface area (TPSA) is 100 Å². The van der Waals surface area contributed by atoms with E-state index in [1.807, 2.05) is 0 Å². The summed E-state index contributed by atoms with van der Waals surface area (Å²) in [5, 5.41) is 8.69. The van der Waals surface area contributed by atoms with Crippen LogP contribution in [0.1, 0.15) is 13.3 Å². The van der Waals surface area contributed by atoms with Gasteiger partial charge in [-0.05, 0) is 12.1 Å². The number of aromatic nitrogens is 2. The van der Waals surface area contributed by atoms with Crippen molar-refractivity contribution in [2.75, 3.05) is 13.1 Å². The molecule has 0 aliphatic heterocycles. The molecule has 0 spiro atoms. The van der Waals surface area contributed by atoms with E-state index in [-0.39, 0.29) is 24.4 Å². The lowest BCUT2D eigenvalue weighted by Gasteiger charge is -2.19. The van der Waals surface area contributed by atoms with Crippen molar-refractivity contribution in [2.24, 2.45) is 0 Å². The second-order valence-corrected chi connectivity index (χ2v) is 6.46. The van der Waals surface area contributed by atoms with E-state index >= 15 is 0 Å². The van der Waals surface area contributed by atoms with Gasteiger partial charge in [0.25, 0.3) is 0 Å². The van der Waals surface area contributed by atoms with Crippen molar-refractivity contribution in [1.29, 1.82) is 0 Å². The van der Waals surface area contributed by atoms with Crippen molar-refractivity contribution in [2.45, 2.75) is 18.2 Å². The summed E-state index contributed by atoms with van der Waals surface area (Å²) in [7, 11) is -3.77. The molecule has 0 aliphatic carbocycles. The molecule has 9 heteroatoms. The number of fused-ring (bicyclic) bond motifs is 1. The maximum atomic E-state index is 12.6. The summed E-state index contributed by atoms with van der Waals surface area (Å²) in [5.41, 5.74) is 0.844. The Balaban J connectivity index is 2.42. The molecule has 7 nitrogen and oxygen atoms in total. The highest BCUT2D eigenvalue weighted by atomic mass is 32.2. The third-order valence-electron chi connectivity index (χ3n) is 2.79. The molecule has 2 rings (SSSR count). The monoisotopic (exact) mass is 315 g/mol. The zero-order chi connectivity index (χ0) is 14.8. The van der Waals surface area contributed by atoms with Crippen molar-refractivity contribution < 1.29 is 18.3 Å². The molecule has 0 unspecified atom stereocenters. The number of carboxylic acid groups (broad SMARTS) is 1. The number of rotatable bonds is 6. The van der Waals surface area contributed by atoms with E-state index in [9.17, 15) is 13.2 Å². The molecule has 1 aromatic carbocycles. The van der Waals surface area contributed by atoms with E-state index in [4.69, 9.17) is 5.11 Å². The van der Waals surface area contributed by atoms with Gasteiger partial charge >= 0.3 is 5.97 Å². The second kappa shape index (κ2) is 5.81. The van der Waals surface area contributed by atoms with Crippen molar-refractivity contribution in [3.8, 4) is 0 Å². The van der Waals surface area contributed by atoms with Gasteiger partial charge in [-0.2, -0.15) is 13.1 Å². The first-order valence-corrected chi connectivity index (χ1v) is 8.07. The Morgan fingerprint density at radius 2 is 2.15 bits per heavy atom. The largest absolute Gasteiger partial charge is 0.481 e. The molecular formula is C11H13N3O4S2. The van der Waals surface area contributed by atoms with Crippen molar-refractivity contribution in [3.05, 3.63) is 18.2 Å². The molecule has 1 N–H and O–H groups in total. The van der Waals surface area contributed by atoms with Crippen LogP contribution in [0.4, 0.5) is 0 Å². The number of benzene rings is 1. The van der Waals surface area contributed by atoms with Gasteiger partial charge in [0.05, 0.1) is 18.1 Å². The summed E-state index contributed by atoms with van der Waals surface area (Å²) in [6.07, 6.45) is -0.238. The van der Waals surface area contributed by atoms with Gasteiger partial charge in [0.1, 0.15) is 15.9 Å². The number of nitrogens with zero attached hydrogens (tertiary/aromatic N) is 3. The molecule has 0 radical (unpaired) electrons. The SMILES string of the molecule is CCN(CCC(=O)O)S(=O)(=O)c1cccc2nsnc12. The predicted octanol–water partition coefficient (Wildman–Crippen LogP) is 1.18. The first-order chi connectivity index (χ1) is 9.46. The summed E-state index contributed by atoms with van der Waals surface area (Å²) in [6, 6.07) is 4.75. The Bertz CT molecular complexity index is 726. The van der Waals surface area contributed by atoms with E-state index in [1.54, 1.807) is 19.1 Å². The van der Waals surface area contributed by atoms with Crippen molar-refractivity contribution >= 4 is 38.8 Å². The van der Waals surface area contributed by atoms with Crippen LogP contribution >= 0.6 is 11.7 Å². The van der Waals surface area contributed by atoms with Gasteiger partial charge in [-0.15, -0.1) is 0 Å². The smallest absolute Gasteiger partial charge is 0.304 e. The number of hydrogen-bond donors (Lipinski definition) is 1. The minimum atomic E-state index is -3.77. The lowest BCUT2D eigenvalue weighted by molar-refractivity contribution is -0.137. The minimum Gasteiger partial charge on any atom is -0.481 e. The third kappa shape index (κ3) is 2.79. The summed E-state index contributed by atoms with van der Waals surface area (Å²) in [4.78, 5) is 10.7. The zero-order valence-electron chi connectivity index (χ0n) is 10.7. The van der Waals surface area contributed by atoms with E-state index in [1.165, 1.54) is 6.07 Å². The van der Waals surface area contributed by atoms with Crippen molar-refractivity contribution in [1.82, 2.24) is 13.1 Å². The average Bonchev–Trinajstić information content (AvgIpc) is 2.86. The van der Waals surface area contributed by atoms with E-state index < -0.39 is 16.0 Å². The van der Waals surface area contributed by atoms with Crippen LogP contribution in [0.5, 0.6) is 0 Å². The normalized spacial score (nSPS) is 12.1. The van der Waals surface area contributed by atoms with Crippen LogP contribution < -0.4 is 0 Å². The van der Waals surface area contributed by atoms with Gasteiger partial charge in [-0.25, -0.2) is 8.42 Å². The van der Waals surface area contributed by atoms with Crippen LogP contribution in [0.25, 0.3) is 11.0 Å². The summed E-state index contributed by atoms with van der Waals surface area (Å²) >= 11 is 0.944. The average molecular weight is 315 g/mol. The fraction of sp³-hybridized carbons (Fsp3) is 0.364. The quantitative estimate of drug-likeness (QED) is 0.859. The second-order valence-electron chi connectivity index (χ2n) is 4.03. The molecule has 0 fully saturated rings. The van der Waals surface area contributed by atoms with Crippen molar-refractivity contribution in [3.63, 3.8) is 0 Å². The Hall–Kier alpha value is -1.58. The maximum absolute atomic E-state index is 12.6. The van der Waals surface area contributed by atoms with Gasteiger partial charge in [0.2, 0.25) is 10.0 Å². The molecule has 2 aromatic rings. The number of hydrogen-bond acceptors (Lipinski definition) is 6. The molecular weight excluding hydrogens is 302 g/mol. The predicted molar refractivity (Wildman–Crippen MR) is 74.1 cm³/mol. The molecule has 1 heterocycles. The Morgan fingerprint density at radius 3 is 2.80 bits per heavy atom.